The first-order valence-electron chi connectivity index (χ1n) is 5.64. The fourth-order valence-electron chi connectivity index (χ4n) is 1.74. The zero-order valence-electron chi connectivity index (χ0n) is 10.4. The molecule has 1 N–H and O–H groups in total. The molecule has 0 aromatic heterocycles. The molecular weight excluding hydrogens is 227 g/mol. The summed E-state index contributed by atoms with van der Waals surface area (Å²) in [4.78, 5) is 0. The second-order valence-electron chi connectivity index (χ2n) is 4.33. The number of alkyl halides is 3. The molecular formula is C13H18F3N. The van der Waals surface area contributed by atoms with Gasteiger partial charge in [0.25, 0.3) is 0 Å². The Hall–Kier alpha value is -1.03. The highest BCUT2D eigenvalue weighted by atomic mass is 19.4. The second kappa shape index (κ2) is 5.54. The minimum Gasteiger partial charge on any atom is -0.308 e. The van der Waals surface area contributed by atoms with E-state index in [4.69, 9.17) is 0 Å². The van der Waals surface area contributed by atoms with Crippen molar-refractivity contribution in [3.05, 3.63) is 34.4 Å². The maximum absolute atomic E-state index is 11.9. The van der Waals surface area contributed by atoms with E-state index in [0.29, 0.717) is 13.0 Å². The van der Waals surface area contributed by atoms with E-state index in [1.54, 1.807) is 0 Å². The monoisotopic (exact) mass is 245 g/mol. The highest BCUT2D eigenvalue weighted by Crippen LogP contribution is 2.17. The molecule has 17 heavy (non-hydrogen) atoms. The lowest BCUT2D eigenvalue weighted by molar-refractivity contribution is -0.124. The number of hydrogen-bond donors (Lipinski definition) is 1. The van der Waals surface area contributed by atoms with Gasteiger partial charge in [0.05, 0.1) is 6.54 Å². The second-order valence-corrected chi connectivity index (χ2v) is 4.33. The van der Waals surface area contributed by atoms with E-state index in [-0.39, 0.29) is 0 Å². The number of benzene rings is 1. The third kappa shape index (κ3) is 4.38. The standard InChI is InChI=1S/C13H18F3N/c1-9-4-5-12(11(3)10(9)2)6-7-17-8-13(14,15)16/h4-5,17H,6-8H2,1-3H3. The Bertz CT molecular complexity index is 383. The van der Waals surface area contributed by atoms with Crippen LogP contribution in [0, 0.1) is 20.8 Å². The van der Waals surface area contributed by atoms with Gasteiger partial charge < -0.3 is 5.32 Å². The smallest absolute Gasteiger partial charge is 0.308 e. The van der Waals surface area contributed by atoms with Crippen LogP contribution in [-0.4, -0.2) is 19.3 Å². The molecule has 96 valence electrons. The zero-order chi connectivity index (χ0) is 13.1. The van der Waals surface area contributed by atoms with E-state index in [2.05, 4.69) is 5.32 Å². The van der Waals surface area contributed by atoms with Gasteiger partial charge in [0.15, 0.2) is 0 Å². The van der Waals surface area contributed by atoms with Crippen molar-refractivity contribution in [3.8, 4) is 0 Å². The summed E-state index contributed by atoms with van der Waals surface area (Å²) in [5.74, 6) is 0. The predicted octanol–water partition coefficient (Wildman–Crippen LogP) is 3.31. The topological polar surface area (TPSA) is 12.0 Å². The quantitative estimate of drug-likeness (QED) is 0.802. The Morgan fingerprint density at radius 3 is 2.29 bits per heavy atom. The number of halogens is 3. The maximum Gasteiger partial charge on any atom is 0.401 e. The van der Waals surface area contributed by atoms with Crippen LogP contribution in [0.3, 0.4) is 0 Å². The molecule has 0 radical (unpaired) electrons. The van der Waals surface area contributed by atoms with E-state index in [1.807, 2.05) is 32.9 Å². The van der Waals surface area contributed by atoms with Gasteiger partial charge in [-0.15, -0.1) is 0 Å². The van der Waals surface area contributed by atoms with Crippen LogP contribution < -0.4 is 5.32 Å². The van der Waals surface area contributed by atoms with E-state index >= 15 is 0 Å². The molecule has 1 nitrogen and oxygen atoms in total. The molecule has 4 heteroatoms. The minimum absolute atomic E-state index is 0.350. The van der Waals surface area contributed by atoms with Gasteiger partial charge in [-0.2, -0.15) is 13.2 Å². The average molecular weight is 245 g/mol. The van der Waals surface area contributed by atoms with Gasteiger partial charge in [-0.3, -0.25) is 0 Å². The summed E-state index contributed by atoms with van der Waals surface area (Å²) >= 11 is 0. The molecule has 0 aliphatic carbocycles. The lowest BCUT2D eigenvalue weighted by Gasteiger charge is -2.12. The Morgan fingerprint density at radius 2 is 1.71 bits per heavy atom. The van der Waals surface area contributed by atoms with Crippen molar-refractivity contribution < 1.29 is 13.2 Å². The molecule has 0 saturated carbocycles. The van der Waals surface area contributed by atoms with Crippen LogP contribution in [0.25, 0.3) is 0 Å². The van der Waals surface area contributed by atoms with E-state index in [0.717, 1.165) is 5.56 Å². The van der Waals surface area contributed by atoms with E-state index < -0.39 is 12.7 Å². The summed E-state index contributed by atoms with van der Waals surface area (Å²) in [7, 11) is 0. The molecule has 0 amide bonds. The summed E-state index contributed by atoms with van der Waals surface area (Å²) in [5.41, 5.74) is 4.73. The van der Waals surface area contributed by atoms with Gasteiger partial charge in [0.1, 0.15) is 0 Å². The summed E-state index contributed by atoms with van der Waals surface area (Å²) < 4.78 is 35.7. The van der Waals surface area contributed by atoms with E-state index in [1.165, 1.54) is 16.7 Å². The van der Waals surface area contributed by atoms with Gasteiger partial charge >= 0.3 is 6.18 Å². The van der Waals surface area contributed by atoms with Gasteiger partial charge in [0, 0.05) is 0 Å². The maximum atomic E-state index is 11.9. The van der Waals surface area contributed by atoms with Gasteiger partial charge in [-0.05, 0) is 56.0 Å². The molecule has 0 aliphatic rings. The lowest BCUT2D eigenvalue weighted by atomic mass is 9.97. The molecule has 0 aliphatic heterocycles. The summed E-state index contributed by atoms with van der Waals surface area (Å²) in [6.07, 6.45) is -3.50. The largest absolute Gasteiger partial charge is 0.401 e. The van der Waals surface area contributed by atoms with Gasteiger partial charge in [-0.1, -0.05) is 12.1 Å². The van der Waals surface area contributed by atoms with Crippen molar-refractivity contribution in [2.24, 2.45) is 0 Å². The molecule has 0 atom stereocenters. The van der Waals surface area contributed by atoms with Gasteiger partial charge in [-0.25, -0.2) is 0 Å². The molecule has 0 bridgehead atoms. The van der Waals surface area contributed by atoms with Gasteiger partial charge in [0.2, 0.25) is 0 Å². The summed E-state index contributed by atoms with van der Waals surface area (Å²) in [5, 5.41) is 2.41. The molecule has 0 saturated heterocycles. The fraction of sp³-hybridized carbons (Fsp3) is 0.538. The van der Waals surface area contributed by atoms with Crippen LogP contribution in [0.2, 0.25) is 0 Å². The normalized spacial score (nSPS) is 11.9. The summed E-state index contributed by atoms with van der Waals surface area (Å²) in [6, 6.07) is 4.01. The van der Waals surface area contributed by atoms with Crippen molar-refractivity contribution in [2.45, 2.75) is 33.4 Å². The van der Waals surface area contributed by atoms with Crippen LogP contribution in [0.5, 0.6) is 0 Å². The summed E-state index contributed by atoms with van der Waals surface area (Å²) in [6.45, 7) is 5.52. The van der Waals surface area contributed by atoms with Crippen molar-refractivity contribution in [2.75, 3.05) is 13.1 Å². The Morgan fingerprint density at radius 1 is 1.06 bits per heavy atom. The Kier molecular flexibility index (Phi) is 4.57. The zero-order valence-corrected chi connectivity index (χ0v) is 10.4. The van der Waals surface area contributed by atoms with Crippen molar-refractivity contribution in [1.82, 2.24) is 5.32 Å². The number of rotatable bonds is 4. The molecule has 0 fully saturated rings. The molecule has 0 spiro atoms. The highest BCUT2D eigenvalue weighted by Gasteiger charge is 2.25. The van der Waals surface area contributed by atoms with Crippen molar-refractivity contribution >= 4 is 0 Å². The van der Waals surface area contributed by atoms with Crippen LogP contribution in [0.4, 0.5) is 13.2 Å². The number of hydrogen-bond acceptors (Lipinski definition) is 1. The number of nitrogens with one attached hydrogen (secondary N) is 1. The first-order valence-corrected chi connectivity index (χ1v) is 5.64. The average Bonchev–Trinajstić information content (AvgIpc) is 2.22. The van der Waals surface area contributed by atoms with Crippen LogP contribution in [0.1, 0.15) is 22.3 Å². The lowest BCUT2D eigenvalue weighted by Crippen LogP contribution is -2.30. The van der Waals surface area contributed by atoms with Crippen molar-refractivity contribution in [1.29, 1.82) is 0 Å². The molecule has 0 unspecified atom stereocenters. The first-order chi connectivity index (χ1) is 7.81. The molecule has 1 rings (SSSR count). The third-order valence-electron chi connectivity index (χ3n) is 3.07. The van der Waals surface area contributed by atoms with Crippen LogP contribution in [-0.2, 0) is 6.42 Å². The predicted molar refractivity (Wildman–Crippen MR) is 63.3 cm³/mol. The molecule has 0 heterocycles. The highest BCUT2D eigenvalue weighted by molar-refractivity contribution is 5.38. The molecule has 1 aromatic carbocycles. The molecule has 1 aromatic rings. The fourth-order valence-corrected chi connectivity index (χ4v) is 1.74. The minimum atomic E-state index is -4.13. The Labute approximate surface area is 100 Å². The van der Waals surface area contributed by atoms with Crippen molar-refractivity contribution in [3.63, 3.8) is 0 Å². The first kappa shape index (κ1) is 14.0. The Balaban J connectivity index is 2.51. The SMILES string of the molecule is Cc1ccc(CCNCC(F)(F)F)c(C)c1C. The van der Waals surface area contributed by atoms with E-state index in [9.17, 15) is 13.2 Å². The number of aryl methyl sites for hydroxylation is 1. The van der Waals surface area contributed by atoms with Crippen LogP contribution in [0.15, 0.2) is 12.1 Å². The third-order valence-corrected chi connectivity index (χ3v) is 3.07. The van der Waals surface area contributed by atoms with Crippen LogP contribution >= 0.6 is 0 Å².